The summed E-state index contributed by atoms with van der Waals surface area (Å²) in [4.78, 5) is 13.6. The molecule has 0 aliphatic rings. The smallest absolute Gasteiger partial charge is 0.414 e. The highest BCUT2D eigenvalue weighted by Crippen LogP contribution is 2.36. The first kappa shape index (κ1) is 23.4. The summed E-state index contributed by atoms with van der Waals surface area (Å²) in [6.45, 7) is 7.02. The molecule has 0 heterocycles. The molecule has 148 valence electrons. The van der Waals surface area contributed by atoms with Gasteiger partial charge in [0.2, 0.25) is 0 Å². The number of rotatable bonds is 6. The van der Waals surface area contributed by atoms with E-state index in [1.54, 1.807) is 11.9 Å². The Morgan fingerprint density at radius 2 is 1.56 bits per heavy atom. The number of nitrogens with zero attached hydrogens (tertiary/aromatic N) is 2. The van der Waals surface area contributed by atoms with Gasteiger partial charge in [-0.15, -0.1) is 0 Å². The summed E-state index contributed by atoms with van der Waals surface area (Å²) in [5.74, 6) is 0.590. The lowest BCUT2D eigenvalue weighted by atomic mass is 9.99. The molecule has 0 radical (unpaired) electrons. The molecule has 5 heteroatoms. The van der Waals surface area contributed by atoms with Gasteiger partial charge in [0.25, 0.3) is 0 Å². The number of carbonyl (C=O) groups excluding carboxylic acids is 1. The maximum absolute atomic E-state index is 12.0. The van der Waals surface area contributed by atoms with Gasteiger partial charge in [0, 0.05) is 24.7 Å². The molecule has 0 bridgehead atoms. The highest BCUT2D eigenvalue weighted by atomic mass is 127. The van der Waals surface area contributed by atoms with E-state index in [0.717, 1.165) is 10.0 Å². The molecule has 0 fully saturated rings. The molecule has 2 aromatic rings. The molecule has 0 saturated heterocycles. The number of amides is 1. The number of hydrogen-bond donors (Lipinski definition) is 0. The summed E-state index contributed by atoms with van der Waals surface area (Å²) >= 11 is 0. The first-order chi connectivity index (χ1) is 12.3. The number of benzene rings is 2. The normalized spacial score (nSPS) is 13.3. The molecule has 0 unspecified atom stereocenters. The number of halogens is 1. The molecule has 0 aliphatic carbocycles. The first-order valence-electron chi connectivity index (χ1n) is 9.18. The maximum Gasteiger partial charge on any atom is 0.414 e. The lowest BCUT2D eigenvalue weighted by molar-refractivity contribution is -0.946. The minimum absolute atomic E-state index is 0. The number of carbonyl (C=O) groups is 1. The standard InChI is InChI=1S/C22H31N2O2.HI/c1-7-23(4)22(25)26-21-15-11-14-20(16-21)18(3)24(5,6)17(2)19-12-9-8-10-13-19;/h8-18H,7H2,1-6H3;1H/q+1;/p-1/t17-,18-;/m0./s1. The van der Waals surface area contributed by atoms with Crippen molar-refractivity contribution in [2.45, 2.75) is 32.9 Å². The monoisotopic (exact) mass is 482 g/mol. The maximum atomic E-state index is 12.0. The van der Waals surface area contributed by atoms with Crippen LogP contribution in [0.5, 0.6) is 5.75 Å². The molecule has 1 amide bonds. The Bertz CT molecular complexity index is 734. The molecular weight excluding hydrogens is 451 g/mol. The second-order valence-corrected chi connectivity index (χ2v) is 7.35. The van der Waals surface area contributed by atoms with E-state index in [1.165, 1.54) is 5.56 Å². The summed E-state index contributed by atoms with van der Waals surface area (Å²) in [6.07, 6.45) is -0.330. The van der Waals surface area contributed by atoms with Crippen molar-refractivity contribution in [2.24, 2.45) is 0 Å². The van der Waals surface area contributed by atoms with Gasteiger partial charge in [0.05, 0.1) is 14.1 Å². The van der Waals surface area contributed by atoms with Gasteiger partial charge in [-0.25, -0.2) is 4.79 Å². The Morgan fingerprint density at radius 1 is 1.00 bits per heavy atom. The third-order valence-electron chi connectivity index (χ3n) is 5.61. The fraction of sp³-hybridized carbons (Fsp3) is 0.409. The van der Waals surface area contributed by atoms with Crippen LogP contribution in [0.2, 0.25) is 0 Å². The average molecular weight is 482 g/mol. The lowest BCUT2D eigenvalue weighted by Crippen LogP contribution is -3.00. The van der Waals surface area contributed by atoms with Crippen LogP contribution in [-0.2, 0) is 0 Å². The lowest BCUT2D eigenvalue weighted by Gasteiger charge is -2.42. The van der Waals surface area contributed by atoms with Gasteiger partial charge in [-0.2, -0.15) is 0 Å². The molecule has 4 nitrogen and oxygen atoms in total. The molecular formula is C22H31IN2O2. The van der Waals surface area contributed by atoms with Crippen LogP contribution < -0.4 is 28.7 Å². The van der Waals surface area contributed by atoms with Crippen LogP contribution >= 0.6 is 0 Å². The van der Waals surface area contributed by atoms with E-state index in [0.29, 0.717) is 18.3 Å². The number of hydrogen-bond acceptors (Lipinski definition) is 2. The van der Waals surface area contributed by atoms with Crippen molar-refractivity contribution in [1.29, 1.82) is 0 Å². The Hall–Kier alpha value is -1.60. The zero-order valence-electron chi connectivity index (χ0n) is 17.1. The van der Waals surface area contributed by atoms with Crippen molar-refractivity contribution < 1.29 is 38.0 Å². The molecule has 27 heavy (non-hydrogen) atoms. The van der Waals surface area contributed by atoms with E-state index in [1.807, 2.05) is 31.2 Å². The highest BCUT2D eigenvalue weighted by molar-refractivity contribution is 5.70. The summed E-state index contributed by atoms with van der Waals surface area (Å²) in [7, 11) is 6.22. The fourth-order valence-corrected chi connectivity index (χ4v) is 2.98. The largest absolute Gasteiger partial charge is 1.00 e. The van der Waals surface area contributed by atoms with E-state index < -0.39 is 0 Å². The van der Waals surface area contributed by atoms with Gasteiger partial charge < -0.3 is 38.1 Å². The number of ether oxygens (including phenoxy) is 1. The molecule has 0 saturated carbocycles. The predicted octanol–water partition coefficient (Wildman–Crippen LogP) is 2.04. The van der Waals surface area contributed by atoms with E-state index in [9.17, 15) is 4.79 Å². The topological polar surface area (TPSA) is 29.5 Å². The predicted molar refractivity (Wildman–Crippen MR) is 106 cm³/mol. The van der Waals surface area contributed by atoms with E-state index in [2.05, 4.69) is 58.3 Å². The van der Waals surface area contributed by atoms with Crippen LogP contribution in [0.15, 0.2) is 54.6 Å². The van der Waals surface area contributed by atoms with Crippen molar-refractivity contribution in [2.75, 3.05) is 27.7 Å². The zero-order valence-corrected chi connectivity index (χ0v) is 19.3. The van der Waals surface area contributed by atoms with Gasteiger partial charge in [0.15, 0.2) is 0 Å². The van der Waals surface area contributed by atoms with Gasteiger partial charge in [0.1, 0.15) is 17.8 Å². The van der Waals surface area contributed by atoms with Crippen molar-refractivity contribution in [1.82, 2.24) is 4.90 Å². The average Bonchev–Trinajstić information content (AvgIpc) is 2.66. The Kier molecular flexibility index (Phi) is 8.75. The summed E-state index contributed by atoms with van der Waals surface area (Å²) in [6, 6.07) is 19.0. The number of quaternary nitrogens is 1. The zero-order chi connectivity index (χ0) is 19.3. The van der Waals surface area contributed by atoms with Gasteiger partial charge in [-0.05, 0) is 32.9 Å². The molecule has 2 aromatic carbocycles. The van der Waals surface area contributed by atoms with E-state index in [4.69, 9.17) is 4.74 Å². The van der Waals surface area contributed by atoms with Gasteiger partial charge in [-0.1, -0.05) is 42.5 Å². The van der Waals surface area contributed by atoms with Crippen molar-refractivity contribution in [3.63, 3.8) is 0 Å². The Labute approximate surface area is 180 Å². The molecule has 2 atom stereocenters. The van der Waals surface area contributed by atoms with Crippen LogP contribution in [0.4, 0.5) is 4.79 Å². The second kappa shape index (κ2) is 10.1. The fourth-order valence-electron chi connectivity index (χ4n) is 2.98. The van der Waals surface area contributed by atoms with Crippen LogP contribution in [0.3, 0.4) is 0 Å². The van der Waals surface area contributed by atoms with Crippen molar-refractivity contribution in [3.05, 3.63) is 65.7 Å². The van der Waals surface area contributed by atoms with Crippen molar-refractivity contribution in [3.8, 4) is 5.75 Å². The summed E-state index contributed by atoms with van der Waals surface area (Å²) < 4.78 is 6.30. The van der Waals surface area contributed by atoms with Gasteiger partial charge in [-0.3, -0.25) is 0 Å². The van der Waals surface area contributed by atoms with Crippen LogP contribution in [0.1, 0.15) is 44.0 Å². The summed E-state index contributed by atoms with van der Waals surface area (Å²) in [5.41, 5.74) is 2.47. The van der Waals surface area contributed by atoms with Crippen molar-refractivity contribution >= 4 is 6.09 Å². The quantitative estimate of drug-likeness (QED) is 0.466. The first-order valence-corrected chi connectivity index (χ1v) is 9.18. The Balaban J connectivity index is 0.00000364. The van der Waals surface area contributed by atoms with Gasteiger partial charge >= 0.3 is 6.09 Å². The molecule has 0 N–H and O–H groups in total. The second-order valence-electron chi connectivity index (χ2n) is 7.35. The third-order valence-corrected chi connectivity index (χ3v) is 5.61. The minimum atomic E-state index is -0.330. The minimum Gasteiger partial charge on any atom is -1.00 e. The highest BCUT2D eigenvalue weighted by Gasteiger charge is 2.32. The Morgan fingerprint density at radius 3 is 2.15 bits per heavy atom. The molecule has 2 rings (SSSR count). The third kappa shape index (κ3) is 5.69. The summed E-state index contributed by atoms with van der Waals surface area (Å²) in [5, 5.41) is 0. The van der Waals surface area contributed by atoms with Crippen LogP contribution in [0, 0.1) is 0 Å². The van der Waals surface area contributed by atoms with Crippen LogP contribution in [-0.4, -0.2) is 43.2 Å². The molecule has 0 aliphatic heterocycles. The molecule has 0 aromatic heterocycles. The SMILES string of the molecule is CCN(C)C(=O)Oc1cccc([C@H](C)[N+](C)(C)[C@@H](C)c2ccccc2)c1.[I-]. The molecule has 0 spiro atoms. The van der Waals surface area contributed by atoms with E-state index in [-0.39, 0.29) is 36.1 Å². The van der Waals surface area contributed by atoms with E-state index >= 15 is 0 Å². The van der Waals surface area contributed by atoms with Crippen LogP contribution in [0.25, 0.3) is 0 Å².